The molecule has 1 aliphatic rings. The quantitative estimate of drug-likeness (QED) is 0.299. The van der Waals surface area contributed by atoms with E-state index in [4.69, 9.17) is 9.37 Å². The van der Waals surface area contributed by atoms with Crippen LogP contribution < -0.4 is 30.5 Å². The van der Waals surface area contributed by atoms with Gasteiger partial charge in [0.25, 0.3) is 0 Å². The number of amidine groups is 1. The van der Waals surface area contributed by atoms with Gasteiger partial charge in [0, 0.05) is 16.8 Å². The van der Waals surface area contributed by atoms with E-state index in [1.54, 1.807) is 53.5 Å². The first-order valence-electron chi connectivity index (χ1n) is 11.4. The topological polar surface area (TPSA) is 126 Å². The number of hydrazine groups is 1. The summed E-state index contributed by atoms with van der Waals surface area (Å²) in [4.78, 5) is 17.0. The van der Waals surface area contributed by atoms with Crippen molar-refractivity contribution in [3.8, 4) is 22.8 Å². The molecule has 1 aromatic heterocycles. The fourth-order valence-corrected chi connectivity index (χ4v) is 3.74. The van der Waals surface area contributed by atoms with Gasteiger partial charge in [-0.2, -0.15) is 0 Å². The van der Waals surface area contributed by atoms with Crippen LogP contribution in [-0.2, 0) is 0 Å². The molecule has 0 saturated carbocycles. The number of para-hydroxylation sites is 1. The molecule has 200 valence electrons. The third-order valence-corrected chi connectivity index (χ3v) is 5.49. The number of carbonyl (C=O) groups is 1. The van der Waals surface area contributed by atoms with Gasteiger partial charge < -0.3 is 14.8 Å². The molecule has 0 aliphatic carbocycles. The molecule has 14 heteroatoms. The number of alkyl halides is 3. The van der Waals surface area contributed by atoms with Crippen molar-refractivity contribution in [1.29, 1.82) is 0 Å². The van der Waals surface area contributed by atoms with Crippen LogP contribution in [0, 0.1) is 0 Å². The van der Waals surface area contributed by atoms with Gasteiger partial charge in [0.05, 0.1) is 12.8 Å². The SMILES string of the molecule is COc1ccccc1-c1nonc1NC(=O)Nc1ccc(C2=NCN(c3ccc(OC(F)(F)F)cc3)N2)cc1. The Labute approximate surface area is 219 Å². The third-order valence-electron chi connectivity index (χ3n) is 5.49. The fourth-order valence-electron chi connectivity index (χ4n) is 3.74. The number of amides is 2. The number of carbonyl (C=O) groups excluding carboxylic acids is 1. The van der Waals surface area contributed by atoms with Crippen LogP contribution in [0.4, 0.5) is 35.2 Å². The van der Waals surface area contributed by atoms with Gasteiger partial charge in [-0.3, -0.25) is 15.8 Å². The maximum Gasteiger partial charge on any atom is 0.573 e. The summed E-state index contributed by atoms with van der Waals surface area (Å²) in [7, 11) is 1.52. The van der Waals surface area contributed by atoms with Crippen LogP contribution in [-0.4, -0.2) is 42.3 Å². The van der Waals surface area contributed by atoms with Crippen LogP contribution in [0.3, 0.4) is 0 Å². The fraction of sp³-hybridized carbons (Fsp3) is 0.120. The summed E-state index contributed by atoms with van der Waals surface area (Å²) in [5.74, 6) is 0.907. The van der Waals surface area contributed by atoms with E-state index >= 15 is 0 Å². The van der Waals surface area contributed by atoms with Crippen molar-refractivity contribution in [3.05, 3.63) is 78.4 Å². The van der Waals surface area contributed by atoms with Gasteiger partial charge in [-0.25, -0.2) is 14.4 Å². The Morgan fingerprint density at radius 3 is 2.46 bits per heavy atom. The van der Waals surface area contributed by atoms with E-state index in [1.807, 2.05) is 0 Å². The number of anilines is 3. The van der Waals surface area contributed by atoms with Crippen LogP contribution in [0.15, 0.2) is 82.4 Å². The Hall–Kier alpha value is -5.27. The number of halogens is 3. The second-order valence-electron chi connectivity index (χ2n) is 8.05. The number of benzene rings is 3. The first kappa shape index (κ1) is 25.4. The van der Waals surface area contributed by atoms with Crippen LogP contribution in [0.25, 0.3) is 11.3 Å². The van der Waals surface area contributed by atoms with Gasteiger partial charge in [0.2, 0.25) is 5.82 Å². The largest absolute Gasteiger partial charge is 0.573 e. The van der Waals surface area contributed by atoms with E-state index in [1.165, 1.54) is 31.4 Å². The molecule has 0 atom stereocenters. The molecule has 2 amide bonds. The number of rotatable bonds is 7. The number of ether oxygens (including phenoxy) is 2. The lowest BCUT2D eigenvalue weighted by atomic mass is 10.1. The van der Waals surface area contributed by atoms with Crippen molar-refractivity contribution in [2.75, 3.05) is 29.4 Å². The second-order valence-corrected chi connectivity index (χ2v) is 8.05. The molecule has 0 bridgehead atoms. The third kappa shape index (κ3) is 6.01. The Morgan fingerprint density at radius 1 is 1.00 bits per heavy atom. The van der Waals surface area contributed by atoms with E-state index in [2.05, 4.69) is 36.1 Å². The first-order chi connectivity index (χ1) is 18.8. The van der Waals surface area contributed by atoms with E-state index in [9.17, 15) is 18.0 Å². The molecule has 2 heterocycles. The molecule has 0 radical (unpaired) electrons. The Morgan fingerprint density at radius 2 is 1.74 bits per heavy atom. The molecule has 5 rings (SSSR count). The van der Waals surface area contributed by atoms with Crippen molar-refractivity contribution in [1.82, 2.24) is 15.7 Å². The summed E-state index contributed by atoms with van der Waals surface area (Å²) < 4.78 is 51.1. The van der Waals surface area contributed by atoms with Crippen molar-refractivity contribution in [2.24, 2.45) is 4.99 Å². The number of nitrogens with one attached hydrogen (secondary N) is 3. The summed E-state index contributed by atoms with van der Waals surface area (Å²) in [5, 5.41) is 14.6. The monoisotopic (exact) mass is 539 g/mol. The van der Waals surface area contributed by atoms with E-state index < -0.39 is 12.4 Å². The van der Waals surface area contributed by atoms with E-state index in [0.717, 1.165) is 5.56 Å². The van der Waals surface area contributed by atoms with Gasteiger partial charge in [-0.15, -0.1) is 13.2 Å². The second kappa shape index (κ2) is 10.6. The number of aromatic nitrogens is 2. The maximum atomic E-state index is 12.6. The van der Waals surface area contributed by atoms with Crippen molar-refractivity contribution in [3.63, 3.8) is 0 Å². The molecule has 1 aliphatic heterocycles. The molecule has 3 N–H and O–H groups in total. The number of nitrogens with zero attached hydrogens (tertiary/aromatic N) is 4. The molecule has 39 heavy (non-hydrogen) atoms. The standard InChI is InChI=1S/C25H20F3N7O4/c1-37-20-5-3-2-4-19(20)21-23(34-39-33-21)31-24(36)30-16-8-6-15(7-9-16)22-29-14-35(32-22)17-10-12-18(13-11-17)38-25(26,27)28/h2-13H,14H2,1H3,(H,29,32)(H2,30,31,34,36). The first-order valence-corrected chi connectivity index (χ1v) is 11.4. The number of hydrogen-bond acceptors (Lipinski definition) is 9. The minimum absolute atomic E-state index is 0.122. The molecule has 3 aromatic carbocycles. The zero-order valence-corrected chi connectivity index (χ0v) is 20.2. The molecule has 0 saturated heterocycles. The van der Waals surface area contributed by atoms with Crippen molar-refractivity contribution >= 4 is 29.1 Å². The smallest absolute Gasteiger partial charge is 0.496 e. The Kier molecular flexibility index (Phi) is 6.91. The van der Waals surface area contributed by atoms with Gasteiger partial charge in [-0.1, -0.05) is 12.1 Å². The molecule has 0 unspecified atom stereocenters. The number of methoxy groups -OCH3 is 1. The summed E-state index contributed by atoms with van der Waals surface area (Å²) in [5.41, 5.74) is 5.86. The van der Waals surface area contributed by atoms with Gasteiger partial charge >= 0.3 is 12.4 Å². The maximum absolute atomic E-state index is 12.6. The lowest BCUT2D eigenvalue weighted by molar-refractivity contribution is -0.274. The van der Waals surface area contributed by atoms with Gasteiger partial charge in [0.15, 0.2) is 5.69 Å². The zero-order valence-electron chi connectivity index (χ0n) is 20.2. The average Bonchev–Trinajstić information content (AvgIpc) is 3.59. The minimum Gasteiger partial charge on any atom is -0.496 e. The lowest BCUT2D eigenvalue weighted by Gasteiger charge is -2.19. The van der Waals surface area contributed by atoms with Gasteiger partial charge in [0.1, 0.15) is 24.0 Å². The van der Waals surface area contributed by atoms with Crippen LogP contribution in [0.1, 0.15) is 5.56 Å². The highest BCUT2D eigenvalue weighted by molar-refractivity contribution is 6.03. The summed E-state index contributed by atoms with van der Waals surface area (Å²) >= 11 is 0. The predicted molar refractivity (Wildman–Crippen MR) is 136 cm³/mol. The summed E-state index contributed by atoms with van der Waals surface area (Å²) in [6.07, 6.45) is -4.75. The van der Waals surface area contributed by atoms with Crippen LogP contribution in [0.2, 0.25) is 0 Å². The van der Waals surface area contributed by atoms with Crippen LogP contribution in [0.5, 0.6) is 11.5 Å². The molecule has 4 aromatic rings. The van der Waals surface area contributed by atoms with E-state index in [0.29, 0.717) is 34.2 Å². The minimum atomic E-state index is -4.75. The predicted octanol–water partition coefficient (Wildman–Crippen LogP) is 5.02. The average molecular weight is 539 g/mol. The highest BCUT2D eigenvalue weighted by Crippen LogP contribution is 2.32. The van der Waals surface area contributed by atoms with Crippen molar-refractivity contribution < 1.29 is 32.1 Å². The Balaban J connectivity index is 1.18. The van der Waals surface area contributed by atoms with Crippen LogP contribution >= 0.6 is 0 Å². The summed E-state index contributed by atoms with van der Waals surface area (Å²) in [6, 6.07) is 18.9. The molecule has 0 fully saturated rings. The molecule has 11 nitrogen and oxygen atoms in total. The van der Waals surface area contributed by atoms with Gasteiger partial charge in [-0.05, 0) is 71.0 Å². The highest BCUT2D eigenvalue weighted by atomic mass is 19.4. The Bertz CT molecular complexity index is 1490. The number of hydrogen-bond donors (Lipinski definition) is 3. The number of aliphatic imine (C=N–C) groups is 1. The molecular weight excluding hydrogens is 519 g/mol. The summed E-state index contributed by atoms with van der Waals surface area (Å²) in [6.45, 7) is 0.248. The highest BCUT2D eigenvalue weighted by Gasteiger charge is 2.31. The normalized spacial score (nSPS) is 12.9. The molecule has 0 spiro atoms. The lowest BCUT2D eigenvalue weighted by Crippen LogP contribution is -2.36. The number of urea groups is 1. The van der Waals surface area contributed by atoms with Crippen molar-refractivity contribution in [2.45, 2.75) is 6.36 Å². The van der Waals surface area contributed by atoms with E-state index in [-0.39, 0.29) is 18.2 Å². The zero-order chi connectivity index (χ0) is 27.4. The molecular formula is C25H20F3N7O4.